The molecule has 1 saturated heterocycles. The lowest BCUT2D eigenvalue weighted by molar-refractivity contribution is -0.136. The van der Waals surface area contributed by atoms with Crippen LogP contribution in [0.5, 0.6) is 0 Å². The van der Waals surface area contributed by atoms with Crippen LogP contribution in [0.4, 0.5) is 24.5 Å². The van der Waals surface area contributed by atoms with Crippen molar-refractivity contribution in [3.63, 3.8) is 0 Å². The summed E-state index contributed by atoms with van der Waals surface area (Å²) >= 11 is 0. The van der Waals surface area contributed by atoms with Gasteiger partial charge in [0.2, 0.25) is 5.91 Å². The van der Waals surface area contributed by atoms with Crippen molar-refractivity contribution >= 4 is 17.3 Å². The quantitative estimate of drug-likeness (QED) is 0.829. The van der Waals surface area contributed by atoms with Gasteiger partial charge in [0.25, 0.3) is 0 Å². The summed E-state index contributed by atoms with van der Waals surface area (Å²) in [7, 11) is 2.01. The molecule has 3 atom stereocenters. The van der Waals surface area contributed by atoms with E-state index in [1.165, 1.54) is 25.0 Å². The lowest BCUT2D eigenvalue weighted by atomic mass is 9.86. The zero-order valence-electron chi connectivity index (χ0n) is 16.3. The fourth-order valence-corrected chi connectivity index (χ4v) is 5.20. The van der Waals surface area contributed by atoms with Crippen molar-refractivity contribution < 1.29 is 18.0 Å². The van der Waals surface area contributed by atoms with E-state index in [0.717, 1.165) is 31.8 Å². The number of halogens is 3. The summed E-state index contributed by atoms with van der Waals surface area (Å²) in [5.41, 5.74) is -0.324. The minimum atomic E-state index is -4.50. The molecular formula is C21H28F3N3O. The van der Waals surface area contributed by atoms with Crippen LogP contribution >= 0.6 is 0 Å². The van der Waals surface area contributed by atoms with Gasteiger partial charge in [-0.05, 0) is 62.3 Å². The molecule has 1 aliphatic heterocycles. The Morgan fingerprint density at radius 3 is 2.50 bits per heavy atom. The van der Waals surface area contributed by atoms with E-state index >= 15 is 0 Å². The predicted octanol–water partition coefficient (Wildman–Crippen LogP) is 4.22. The molecule has 2 saturated carbocycles. The smallest absolute Gasteiger partial charge is 0.369 e. The number of hydrogen-bond acceptors (Lipinski definition) is 3. The van der Waals surface area contributed by atoms with Crippen LogP contribution in [-0.4, -0.2) is 44.0 Å². The van der Waals surface area contributed by atoms with E-state index in [1.807, 2.05) is 11.9 Å². The number of anilines is 2. The fraction of sp³-hybridized carbons (Fsp3) is 0.667. The highest BCUT2D eigenvalue weighted by Crippen LogP contribution is 2.49. The number of rotatable bonds is 4. The number of benzene rings is 1. The van der Waals surface area contributed by atoms with Gasteiger partial charge in [0.05, 0.1) is 11.3 Å². The summed E-state index contributed by atoms with van der Waals surface area (Å²) in [5, 5.41) is 2.55. The van der Waals surface area contributed by atoms with Crippen molar-refractivity contribution in [1.29, 1.82) is 0 Å². The van der Waals surface area contributed by atoms with Crippen LogP contribution in [0.15, 0.2) is 18.2 Å². The highest BCUT2D eigenvalue weighted by atomic mass is 19.4. The molecule has 1 N–H and O–H groups in total. The molecule has 0 aromatic heterocycles. The number of carbonyl (C=O) groups excluding carboxylic acids is 1. The van der Waals surface area contributed by atoms with Crippen molar-refractivity contribution in [2.24, 2.45) is 17.8 Å². The molecule has 3 unspecified atom stereocenters. The lowest BCUT2D eigenvalue weighted by Crippen LogP contribution is -2.44. The zero-order chi connectivity index (χ0) is 19.9. The van der Waals surface area contributed by atoms with Crippen molar-refractivity contribution in [3.8, 4) is 0 Å². The third-order valence-corrected chi connectivity index (χ3v) is 6.78. The summed E-state index contributed by atoms with van der Waals surface area (Å²) in [6, 6.07) is 4.28. The Morgan fingerprint density at radius 2 is 1.89 bits per heavy atom. The molecule has 0 spiro atoms. The number of alkyl halides is 3. The van der Waals surface area contributed by atoms with E-state index in [-0.39, 0.29) is 11.6 Å². The Hall–Kier alpha value is -1.76. The molecular weight excluding hydrogens is 367 g/mol. The third-order valence-electron chi connectivity index (χ3n) is 6.78. The van der Waals surface area contributed by atoms with E-state index < -0.39 is 11.7 Å². The molecule has 1 amide bonds. The van der Waals surface area contributed by atoms with Crippen LogP contribution in [0.3, 0.4) is 0 Å². The van der Waals surface area contributed by atoms with Crippen LogP contribution in [0.25, 0.3) is 0 Å². The topological polar surface area (TPSA) is 35.6 Å². The second-order valence-electron chi connectivity index (χ2n) is 8.71. The van der Waals surface area contributed by atoms with Gasteiger partial charge in [-0.3, -0.25) is 4.79 Å². The number of fused-ring (bicyclic) bond motifs is 2. The lowest BCUT2D eigenvalue weighted by Gasteiger charge is -2.34. The maximum atomic E-state index is 13.7. The first-order valence-corrected chi connectivity index (χ1v) is 10.2. The number of likely N-dealkylation sites (N-methyl/N-ethyl adjacent to an activating group) is 1. The van der Waals surface area contributed by atoms with Crippen LogP contribution in [0, 0.1) is 17.8 Å². The average molecular weight is 395 g/mol. The molecule has 7 heteroatoms. The van der Waals surface area contributed by atoms with Gasteiger partial charge in [-0.15, -0.1) is 0 Å². The number of hydrogen-bond donors (Lipinski definition) is 1. The van der Waals surface area contributed by atoms with E-state index in [1.54, 1.807) is 6.07 Å². The largest absolute Gasteiger partial charge is 0.418 e. The predicted molar refractivity (Wildman–Crippen MR) is 103 cm³/mol. The first kappa shape index (κ1) is 19.6. The average Bonchev–Trinajstić information content (AvgIpc) is 3.25. The highest BCUT2D eigenvalue weighted by Gasteiger charge is 2.40. The van der Waals surface area contributed by atoms with Gasteiger partial charge in [0, 0.05) is 38.3 Å². The van der Waals surface area contributed by atoms with E-state index in [4.69, 9.17) is 0 Å². The molecule has 4 nitrogen and oxygen atoms in total. The molecule has 0 radical (unpaired) electrons. The number of nitrogens with zero attached hydrogens (tertiary/aromatic N) is 2. The maximum Gasteiger partial charge on any atom is 0.418 e. The minimum absolute atomic E-state index is 0.126. The molecule has 1 heterocycles. The summed E-state index contributed by atoms with van der Waals surface area (Å²) in [6.45, 7) is 3.04. The molecule has 3 aliphatic rings. The molecule has 1 aromatic carbocycles. The zero-order valence-corrected chi connectivity index (χ0v) is 16.3. The van der Waals surface area contributed by atoms with Gasteiger partial charge in [-0.2, -0.15) is 13.2 Å². The van der Waals surface area contributed by atoms with Crippen molar-refractivity contribution in [2.75, 3.05) is 43.4 Å². The summed E-state index contributed by atoms with van der Waals surface area (Å²) in [5.74, 6) is 1.34. The van der Waals surface area contributed by atoms with Gasteiger partial charge in [-0.25, -0.2) is 0 Å². The number of carbonyl (C=O) groups is 1. The molecule has 3 fully saturated rings. The first-order valence-electron chi connectivity index (χ1n) is 10.2. The molecule has 1 aromatic rings. The van der Waals surface area contributed by atoms with Crippen LogP contribution in [0.1, 0.15) is 37.7 Å². The molecule has 28 heavy (non-hydrogen) atoms. The number of nitrogens with one attached hydrogen (secondary N) is 1. The van der Waals surface area contributed by atoms with E-state index in [9.17, 15) is 18.0 Å². The Morgan fingerprint density at radius 1 is 1.14 bits per heavy atom. The first-order chi connectivity index (χ1) is 13.3. The Balaban J connectivity index is 1.47. The normalized spacial score (nSPS) is 28.0. The van der Waals surface area contributed by atoms with Crippen LogP contribution in [0.2, 0.25) is 0 Å². The minimum Gasteiger partial charge on any atom is -0.369 e. The van der Waals surface area contributed by atoms with Crippen molar-refractivity contribution in [3.05, 3.63) is 23.8 Å². The third kappa shape index (κ3) is 4.14. The van der Waals surface area contributed by atoms with Gasteiger partial charge in [-0.1, -0.05) is 6.42 Å². The van der Waals surface area contributed by atoms with Crippen LogP contribution < -0.4 is 10.2 Å². The molecule has 4 rings (SSSR count). The Kier molecular flexibility index (Phi) is 5.29. The van der Waals surface area contributed by atoms with E-state index in [2.05, 4.69) is 10.2 Å². The summed E-state index contributed by atoms with van der Waals surface area (Å²) in [4.78, 5) is 16.6. The van der Waals surface area contributed by atoms with Gasteiger partial charge < -0.3 is 15.1 Å². The molecule has 2 aliphatic carbocycles. The SMILES string of the molecule is CN1CCN(c2ccc(NC(=O)CC3CC4CCC3C4)c(C(F)(F)F)c2)CC1. The highest BCUT2D eigenvalue weighted by molar-refractivity contribution is 5.92. The number of amides is 1. The standard InChI is InChI=1S/C21H28F3N3O/c1-26-6-8-27(9-7-26)17-4-5-19(18(13-17)21(22,23)24)25-20(28)12-16-11-14-2-3-15(16)10-14/h4-5,13-16H,2-3,6-12H2,1H3,(H,25,28). The monoisotopic (exact) mass is 395 g/mol. The van der Waals surface area contributed by atoms with E-state index in [0.29, 0.717) is 37.0 Å². The summed E-state index contributed by atoms with van der Waals surface area (Å²) in [6.07, 6.45) is 0.471. The van der Waals surface area contributed by atoms with Crippen LogP contribution in [-0.2, 0) is 11.0 Å². The Labute approximate surface area is 164 Å². The van der Waals surface area contributed by atoms with Crippen molar-refractivity contribution in [2.45, 2.75) is 38.3 Å². The van der Waals surface area contributed by atoms with Gasteiger partial charge in [0.15, 0.2) is 0 Å². The summed E-state index contributed by atoms with van der Waals surface area (Å²) < 4.78 is 41.0. The molecule has 154 valence electrons. The molecule has 2 bridgehead atoms. The number of piperazine rings is 1. The fourth-order valence-electron chi connectivity index (χ4n) is 5.20. The van der Waals surface area contributed by atoms with Crippen molar-refractivity contribution in [1.82, 2.24) is 4.90 Å². The maximum absolute atomic E-state index is 13.7. The van der Waals surface area contributed by atoms with Gasteiger partial charge >= 0.3 is 6.18 Å². The Bertz CT molecular complexity index is 728. The van der Waals surface area contributed by atoms with Gasteiger partial charge in [0.1, 0.15) is 0 Å². The second kappa shape index (κ2) is 7.58. The second-order valence-corrected chi connectivity index (χ2v) is 8.71.